The van der Waals surface area contributed by atoms with Crippen LogP contribution in [0.4, 0.5) is 0 Å². The minimum Gasteiger partial charge on any atom is -0.352 e. The van der Waals surface area contributed by atoms with Gasteiger partial charge in [-0.1, -0.05) is 37.1 Å². The summed E-state index contributed by atoms with van der Waals surface area (Å²) in [6.07, 6.45) is 7.41. The normalized spacial score (nSPS) is 13.1. The lowest BCUT2D eigenvalue weighted by Crippen LogP contribution is -2.28. The molecular weight excluding hydrogens is 210 g/mol. The number of hydrogen-bond acceptors (Lipinski definition) is 1. The molecule has 1 unspecified atom stereocenters. The third-order valence-corrected chi connectivity index (χ3v) is 2.88. The van der Waals surface area contributed by atoms with Crippen LogP contribution in [0.25, 0.3) is 0 Å². The van der Waals surface area contributed by atoms with Gasteiger partial charge in [0, 0.05) is 12.5 Å². The molecule has 0 bridgehead atoms. The highest BCUT2D eigenvalue weighted by Gasteiger charge is 2.07. The summed E-state index contributed by atoms with van der Waals surface area (Å²) in [5.41, 5.74) is 2.70. The number of allylic oxidation sites excluding steroid dienone is 3. The molecule has 17 heavy (non-hydrogen) atoms. The highest BCUT2D eigenvalue weighted by atomic mass is 16.1. The topological polar surface area (TPSA) is 29.1 Å². The van der Waals surface area contributed by atoms with E-state index in [1.54, 1.807) is 0 Å². The Labute approximate surface area is 106 Å². The Kier molecular flexibility index (Phi) is 8.47. The van der Waals surface area contributed by atoms with Crippen LogP contribution >= 0.6 is 0 Å². The number of carbonyl (C=O) groups is 1. The minimum atomic E-state index is 0.120. The fraction of sp³-hybridized carbons (Fsp3) is 0.667. The smallest absolute Gasteiger partial charge is 0.223 e. The largest absolute Gasteiger partial charge is 0.352 e. The molecule has 0 saturated carbocycles. The summed E-state index contributed by atoms with van der Waals surface area (Å²) in [7, 11) is 0. The van der Waals surface area contributed by atoms with Crippen molar-refractivity contribution in [3.8, 4) is 0 Å². The number of rotatable bonds is 7. The molecule has 0 saturated heterocycles. The van der Waals surface area contributed by atoms with Crippen molar-refractivity contribution < 1.29 is 4.79 Å². The van der Waals surface area contributed by atoms with Gasteiger partial charge in [0.15, 0.2) is 0 Å². The van der Waals surface area contributed by atoms with Crippen LogP contribution in [0.15, 0.2) is 23.3 Å². The summed E-state index contributed by atoms with van der Waals surface area (Å²) in [4.78, 5) is 11.5. The third-order valence-electron chi connectivity index (χ3n) is 2.88. The zero-order valence-electron chi connectivity index (χ0n) is 12.0. The van der Waals surface area contributed by atoms with Crippen LogP contribution < -0.4 is 5.32 Å². The maximum Gasteiger partial charge on any atom is 0.223 e. The van der Waals surface area contributed by atoms with Crippen LogP contribution in [0.2, 0.25) is 0 Å². The van der Waals surface area contributed by atoms with E-state index in [1.165, 1.54) is 11.1 Å². The first kappa shape index (κ1) is 16.0. The second kappa shape index (κ2) is 9.03. The average molecular weight is 237 g/mol. The summed E-state index contributed by atoms with van der Waals surface area (Å²) in [6.45, 7) is 11.0. The molecule has 0 fully saturated rings. The van der Waals surface area contributed by atoms with Crippen molar-refractivity contribution in [2.24, 2.45) is 5.92 Å². The molecular formula is C15H27NO. The van der Waals surface area contributed by atoms with Gasteiger partial charge in [0.05, 0.1) is 0 Å². The van der Waals surface area contributed by atoms with Crippen LogP contribution in [0.3, 0.4) is 0 Å². The van der Waals surface area contributed by atoms with Crippen molar-refractivity contribution in [1.82, 2.24) is 5.32 Å². The van der Waals surface area contributed by atoms with Crippen molar-refractivity contribution in [3.63, 3.8) is 0 Å². The lowest BCUT2D eigenvalue weighted by molar-refractivity contribution is -0.124. The molecule has 0 aromatic rings. The monoisotopic (exact) mass is 237 g/mol. The Hall–Kier alpha value is -1.05. The van der Waals surface area contributed by atoms with Crippen molar-refractivity contribution >= 4 is 5.91 Å². The molecule has 0 aromatic heterocycles. The summed E-state index contributed by atoms with van der Waals surface area (Å²) in [5.74, 6) is 0.273. The Morgan fingerprint density at radius 1 is 1.24 bits per heavy atom. The van der Waals surface area contributed by atoms with Gasteiger partial charge in [-0.15, -0.1) is 0 Å². The van der Waals surface area contributed by atoms with E-state index < -0.39 is 0 Å². The zero-order valence-corrected chi connectivity index (χ0v) is 12.0. The van der Waals surface area contributed by atoms with Gasteiger partial charge in [0.1, 0.15) is 0 Å². The first-order valence-electron chi connectivity index (χ1n) is 6.54. The van der Waals surface area contributed by atoms with Crippen LogP contribution in [0, 0.1) is 5.92 Å². The maximum atomic E-state index is 11.5. The Balaban J connectivity index is 3.84. The third kappa shape index (κ3) is 8.73. The van der Waals surface area contributed by atoms with E-state index in [-0.39, 0.29) is 11.8 Å². The first-order valence-corrected chi connectivity index (χ1v) is 6.54. The molecule has 0 aliphatic rings. The molecule has 0 aliphatic heterocycles. The van der Waals surface area contributed by atoms with E-state index in [9.17, 15) is 4.79 Å². The van der Waals surface area contributed by atoms with E-state index >= 15 is 0 Å². The van der Waals surface area contributed by atoms with Crippen molar-refractivity contribution in [2.75, 3.05) is 6.54 Å². The van der Waals surface area contributed by atoms with E-state index in [0.29, 0.717) is 6.54 Å². The Bertz CT molecular complexity index is 285. The maximum absolute atomic E-state index is 11.5. The number of amides is 1. The predicted octanol–water partition coefficient (Wildman–Crippen LogP) is 3.84. The SMILES string of the molecule is CCC(C)C(=O)NCC=C(C)CCC=C(C)C. The lowest BCUT2D eigenvalue weighted by Gasteiger charge is -2.08. The van der Waals surface area contributed by atoms with E-state index in [4.69, 9.17) is 0 Å². The summed E-state index contributed by atoms with van der Waals surface area (Å²) in [5, 5.41) is 2.93. The highest BCUT2D eigenvalue weighted by molar-refractivity contribution is 5.78. The molecule has 1 N–H and O–H groups in total. The van der Waals surface area contributed by atoms with E-state index in [1.807, 2.05) is 13.8 Å². The Morgan fingerprint density at radius 3 is 2.41 bits per heavy atom. The molecule has 0 rings (SSSR count). The molecule has 2 heteroatoms. The predicted molar refractivity (Wildman–Crippen MR) is 74.9 cm³/mol. The highest BCUT2D eigenvalue weighted by Crippen LogP contribution is 2.06. The molecule has 0 aromatic carbocycles. The molecule has 1 amide bonds. The number of nitrogens with one attached hydrogen (secondary N) is 1. The van der Waals surface area contributed by atoms with E-state index in [2.05, 4.69) is 38.2 Å². The molecule has 0 heterocycles. The van der Waals surface area contributed by atoms with Gasteiger partial charge in [-0.25, -0.2) is 0 Å². The van der Waals surface area contributed by atoms with Gasteiger partial charge < -0.3 is 5.32 Å². The molecule has 2 nitrogen and oxygen atoms in total. The zero-order chi connectivity index (χ0) is 13.3. The second-order valence-corrected chi connectivity index (χ2v) is 4.93. The lowest BCUT2D eigenvalue weighted by atomic mass is 10.1. The van der Waals surface area contributed by atoms with Crippen LogP contribution in [0.5, 0.6) is 0 Å². The first-order chi connectivity index (χ1) is 7.97. The quantitative estimate of drug-likeness (QED) is 0.670. The molecule has 98 valence electrons. The van der Waals surface area contributed by atoms with Crippen LogP contribution in [-0.2, 0) is 4.79 Å². The van der Waals surface area contributed by atoms with Crippen LogP contribution in [-0.4, -0.2) is 12.5 Å². The fourth-order valence-electron chi connectivity index (χ4n) is 1.38. The molecule has 0 radical (unpaired) electrons. The average Bonchev–Trinajstić information content (AvgIpc) is 2.27. The standard InChI is InChI=1S/C15H27NO/c1-6-14(5)15(17)16-11-10-13(4)9-7-8-12(2)3/h8,10,14H,6-7,9,11H2,1-5H3,(H,16,17). The van der Waals surface area contributed by atoms with Crippen molar-refractivity contribution in [3.05, 3.63) is 23.3 Å². The van der Waals surface area contributed by atoms with Gasteiger partial charge >= 0.3 is 0 Å². The van der Waals surface area contributed by atoms with Gasteiger partial charge in [-0.2, -0.15) is 0 Å². The molecule has 0 spiro atoms. The van der Waals surface area contributed by atoms with Crippen molar-refractivity contribution in [2.45, 2.75) is 53.9 Å². The summed E-state index contributed by atoms with van der Waals surface area (Å²) in [6, 6.07) is 0. The Morgan fingerprint density at radius 2 is 1.88 bits per heavy atom. The summed E-state index contributed by atoms with van der Waals surface area (Å²) >= 11 is 0. The van der Waals surface area contributed by atoms with Gasteiger partial charge in [0.25, 0.3) is 0 Å². The van der Waals surface area contributed by atoms with E-state index in [0.717, 1.165) is 19.3 Å². The van der Waals surface area contributed by atoms with Gasteiger partial charge in [-0.05, 0) is 40.0 Å². The van der Waals surface area contributed by atoms with Crippen molar-refractivity contribution in [1.29, 1.82) is 0 Å². The summed E-state index contributed by atoms with van der Waals surface area (Å²) < 4.78 is 0. The number of carbonyl (C=O) groups excluding carboxylic acids is 1. The van der Waals surface area contributed by atoms with Crippen LogP contribution in [0.1, 0.15) is 53.9 Å². The number of hydrogen-bond donors (Lipinski definition) is 1. The second-order valence-electron chi connectivity index (χ2n) is 4.93. The molecule has 0 aliphatic carbocycles. The molecule has 1 atom stereocenters. The van der Waals surface area contributed by atoms with Gasteiger partial charge in [0.2, 0.25) is 5.91 Å². The fourth-order valence-corrected chi connectivity index (χ4v) is 1.38. The van der Waals surface area contributed by atoms with Gasteiger partial charge in [-0.3, -0.25) is 4.79 Å². The minimum absolute atomic E-state index is 0.120.